The number of carbonyl (C=O) groups is 1. The molecule has 0 saturated carbocycles. The second-order valence-corrected chi connectivity index (χ2v) is 3.27. The third kappa shape index (κ3) is 2.97. The third-order valence-electron chi connectivity index (χ3n) is 2.36. The first-order valence-electron chi connectivity index (χ1n) is 4.87. The smallest absolute Gasteiger partial charge is 0.236 e. The largest absolute Gasteiger partial charge is 0.376 e. The molecule has 1 saturated heterocycles. The maximum atomic E-state index is 11.3. The van der Waals surface area contributed by atoms with Crippen LogP contribution in [0.3, 0.4) is 0 Å². The topological polar surface area (TPSA) is 55.6 Å². The molecule has 0 aromatic rings. The van der Waals surface area contributed by atoms with E-state index in [4.69, 9.17) is 10.5 Å². The summed E-state index contributed by atoms with van der Waals surface area (Å²) < 4.78 is 5.45. The molecule has 1 heterocycles. The lowest BCUT2D eigenvalue weighted by Crippen LogP contribution is -2.40. The Morgan fingerprint density at radius 2 is 2.46 bits per heavy atom. The number of hydrogen-bond acceptors (Lipinski definition) is 3. The van der Waals surface area contributed by atoms with Crippen LogP contribution in [0.2, 0.25) is 0 Å². The average molecular weight is 186 g/mol. The van der Waals surface area contributed by atoms with Crippen LogP contribution in [0.1, 0.15) is 19.8 Å². The highest BCUT2D eigenvalue weighted by atomic mass is 16.5. The van der Waals surface area contributed by atoms with Gasteiger partial charge in [-0.25, -0.2) is 0 Å². The Kier molecular flexibility index (Phi) is 4.18. The molecule has 76 valence electrons. The van der Waals surface area contributed by atoms with Crippen molar-refractivity contribution in [2.75, 3.05) is 26.2 Å². The number of rotatable bonds is 4. The lowest BCUT2D eigenvalue weighted by molar-refractivity contribution is -0.131. The van der Waals surface area contributed by atoms with E-state index < -0.39 is 0 Å². The first-order chi connectivity index (χ1) is 6.27. The van der Waals surface area contributed by atoms with Gasteiger partial charge < -0.3 is 15.4 Å². The van der Waals surface area contributed by atoms with Crippen molar-refractivity contribution in [1.29, 1.82) is 0 Å². The highest BCUT2D eigenvalue weighted by Crippen LogP contribution is 2.13. The van der Waals surface area contributed by atoms with Gasteiger partial charge in [-0.1, -0.05) is 0 Å². The number of hydrogen-bond donors (Lipinski definition) is 1. The standard InChI is InChI=1S/C9H18N2O2/c1-2-11(9(12)6-10)7-8-4-3-5-13-8/h8H,2-7,10H2,1H3. The highest BCUT2D eigenvalue weighted by Gasteiger charge is 2.20. The Balaban J connectivity index is 2.33. The molecule has 1 aliphatic rings. The van der Waals surface area contributed by atoms with Crippen LogP contribution in [0, 0.1) is 0 Å². The molecule has 1 aliphatic heterocycles. The molecule has 0 spiro atoms. The molecule has 4 nitrogen and oxygen atoms in total. The Labute approximate surface area is 79.0 Å². The molecule has 0 bridgehead atoms. The van der Waals surface area contributed by atoms with Crippen LogP contribution in [-0.2, 0) is 9.53 Å². The molecular formula is C9H18N2O2. The molecule has 13 heavy (non-hydrogen) atoms. The molecule has 1 rings (SSSR count). The van der Waals surface area contributed by atoms with Crippen LogP contribution in [-0.4, -0.2) is 43.2 Å². The molecule has 0 radical (unpaired) electrons. The average Bonchev–Trinajstić information content (AvgIpc) is 2.65. The molecule has 1 unspecified atom stereocenters. The first kappa shape index (κ1) is 10.5. The molecule has 0 aromatic carbocycles. The van der Waals surface area contributed by atoms with E-state index in [1.165, 1.54) is 0 Å². The van der Waals surface area contributed by atoms with Gasteiger partial charge in [0, 0.05) is 19.7 Å². The molecule has 1 fully saturated rings. The van der Waals surface area contributed by atoms with Crippen LogP contribution in [0.5, 0.6) is 0 Å². The normalized spacial score (nSPS) is 21.8. The van der Waals surface area contributed by atoms with Crippen LogP contribution in [0.25, 0.3) is 0 Å². The monoisotopic (exact) mass is 186 g/mol. The van der Waals surface area contributed by atoms with Crippen LogP contribution in [0.4, 0.5) is 0 Å². The fourth-order valence-electron chi connectivity index (χ4n) is 1.57. The number of nitrogens with two attached hydrogens (primary N) is 1. The zero-order valence-electron chi connectivity index (χ0n) is 8.16. The van der Waals surface area contributed by atoms with Gasteiger partial charge in [-0.05, 0) is 19.8 Å². The summed E-state index contributed by atoms with van der Waals surface area (Å²) in [6.45, 7) is 4.31. The summed E-state index contributed by atoms with van der Waals surface area (Å²) in [4.78, 5) is 13.0. The molecule has 1 atom stereocenters. The van der Waals surface area contributed by atoms with Crippen molar-refractivity contribution in [1.82, 2.24) is 4.90 Å². The molecule has 0 aromatic heterocycles. The van der Waals surface area contributed by atoms with E-state index in [1.807, 2.05) is 6.92 Å². The van der Waals surface area contributed by atoms with E-state index in [-0.39, 0.29) is 18.6 Å². The zero-order chi connectivity index (χ0) is 9.68. The van der Waals surface area contributed by atoms with Gasteiger partial charge in [0.2, 0.25) is 5.91 Å². The fourth-order valence-corrected chi connectivity index (χ4v) is 1.57. The molecule has 2 N–H and O–H groups in total. The number of nitrogens with zero attached hydrogens (tertiary/aromatic N) is 1. The van der Waals surface area contributed by atoms with Gasteiger partial charge in [-0.15, -0.1) is 0 Å². The molecule has 0 aliphatic carbocycles. The Morgan fingerprint density at radius 3 is 2.92 bits per heavy atom. The van der Waals surface area contributed by atoms with E-state index >= 15 is 0 Å². The number of carbonyl (C=O) groups excluding carboxylic acids is 1. The highest BCUT2D eigenvalue weighted by molar-refractivity contribution is 5.77. The number of likely N-dealkylation sites (N-methyl/N-ethyl adjacent to an activating group) is 1. The van der Waals surface area contributed by atoms with E-state index in [0.29, 0.717) is 6.54 Å². The molecule has 1 amide bonds. The maximum absolute atomic E-state index is 11.3. The van der Waals surface area contributed by atoms with Gasteiger partial charge in [0.05, 0.1) is 12.6 Å². The van der Waals surface area contributed by atoms with Crippen molar-refractivity contribution < 1.29 is 9.53 Å². The van der Waals surface area contributed by atoms with E-state index in [2.05, 4.69) is 0 Å². The summed E-state index contributed by atoms with van der Waals surface area (Å²) in [6, 6.07) is 0. The van der Waals surface area contributed by atoms with Crippen molar-refractivity contribution >= 4 is 5.91 Å². The van der Waals surface area contributed by atoms with Crippen molar-refractivity contribution in [3.8, 4) is 0 Å². The minimum Gasteiger partial charge on any atom is -0.376 e. The van der Waals surface area contributed by atoms with Crippen molar-refractivity contribution in [3.05, 3.63) is 0 Å². The predicted molar refractivity (Wildman–Crippen MR) is 50.3 cm³/mol. The zero-order valence-corrected chi connectivity index (χ0v) is 8.16. The lowest BCUT2D eigenvalue weighted by atomic mass is 10.2. The summed E-state index contributed by atoms with van der Waals surface area (Å²) in [7, 11) is 0. The Bertz CT molecular complexity index is 167. The van der Waals surface area contributed by atoms with Gasteiger partial charge in [0.1, 0.15) is 0 Å². The fraction of sp³-hybridized carbons (Fsp3) is 0.889. The summed E-state index contributed by atoms with van der Waals surface area (Å²) in [6.07, 6.45) is 2.41. The Morgan fingerprint density at radius 1 is 1.69 bits per heavy atom. The van der Waals surface area contributed by atoms with Crippen molar-refractivity contribution in [2.24, 2.45) is 5.73 Å². The van der Waals surface area contributed by atoms with Gasteiger partial charge in [-0.2, -0.15) is 0 Å². The summed E-state index contributed by atoms with van der Waals surface area (Å²) in [5, 5.41) is 0. The van der Waals surface area contributed by atoms with Gasteiger partial charge >= 0.3 is 0 Å². The first-order valence-corrected chi connectivity index (χ1v) is 4.87. The third-order valence-corrected chi connectivity index (χ3v) is 2.36. The SMILES string of the molecule is CCN(CC1CCCO1)C(=O)CN. The van der Waals surface area contributed by atoms with Gasteiger partial charge in [0.25, 0.3) is 0 Å². The second-order valence-electron chi connectivity index (χ2n) is 3.27. The van der Waals surface area contributed by atoms with Crippen LogP contribution in [0.15, 0.2) is 0 Å². The van der Waals surface area contributed by atoms with Gasteiger partial charge in [0.15, 0.2) is 0 Å². The Hall–Kier alpha value is -0.610. The molecule has 4 heteroatoms. The number of ether oxygens (including phenoxy) is 1. The van der Waals surface area contributed by atoms with E-state index in [9.17, 15) is 4.79 Å². The second kappa shape index (κ2) is 5.19. The maximum Gasteiger partial charge on any atom is 0.236 e. The van der Waals surface area contributed by atoms with Crippen LogP contribution < -0.4 is 5.73 Å². The van der Waals surface area contributed by atoms with Crippen molar-refractivity contribution in [3.63, 3.8) is 0 Å². The summed E-state index contributed by atoms with van der Waals surface area (Å²) >= 11 is 0. The predicted octanol–water partition coefficient (Wildman–Crippen LogP) is -0.0274. The summed E-state index contributed by atoms with van der Waals surface area (Å²) in [5.74, 6) is 0.0120. The van der Waals surface area contributed by atoms with Crippen molar-refractivity contribution in [2.45, 2.75) is 25.9 Å². The lowest BCUT2D eigenvalue weighted by Gasteiger charge is -2.23. The minimum atomic E-state index is 0.0120. The van der Waals surface area contributed by atoms with Gasteiger partial charge in [-0.3, -0.25) is 4.79 Å². The quantitative estimate of drug-likeness (QED) is 0.671. The molecular weight excluding hydrogens is 168 g/mol. The summed E-state index contributed by atoms with van der Waals surface area (Å²) in [5.41, 5.74) is 5.29. The minimum absolute atomic E-state index is 0.0120. The van der Waals surface area contributed by atoms with E-state index in [0.717, 1.165) is 26.0 Å². The van der Waals surface area contributed by atoms with E-state index in [1.54, 1.807) is 4.90 Å². The number of amides is 1. The van der Waals surface area contributed by atoms with Crippen LogP contribution >= 0.6 is 0 Å².